The Morgan fingerprint density at radius 3 is 2.69 bits per heavy atom. The number of hydrogen-bond acceptors (Lipinski definition) is 2. The SMILES string of the molecule is CC(=O)c1cccc2c1c(Br)nn2C(C)C. The Labute approximate surface area is 103 Å². The van der Waals surface area contributed by atoms with Crippen molar-refractivity contribution < 1.29 is 4.79 Å². The molecule has 0 spiro atoms. The summed E-state index contributed by atoms with van der Waals surface area (Å²) in [6, 6.07) is 5.99. The Hall–Kier alpha value is -1.16. The smallest absolute Gasteiger partial charge is 0.160 e. The minimum absolute atomic E-state index is 0.0645. The lowest BCUT2D eigenvalue weighted by atomic mass is 10.1. The Morgan fingerprint density at radius 1 is 1.44 bits per heavy atom. The molecule has 0 fully saturated rings. The number of fused-ring (bicyclic) bond motifs is 1. The summed E-state index contributed by atoms with van der Waals surface area (Å²) in [5.41, 5.74) is 1.71. The van der Waals surface area contributed by atoms with Crippen LogP contribution in [0.25, 0.3) is 10.9 Å². The summed E-state index contributed by atoms with van der Waals surface area (Å²) in [5.74, 6) is 0.0645. The molecule has 4 heteroatoms. The minimum atomic E-state index is 0.0645. The van der Waals surface area contributed by atoms with E-state index in [4.69, 9.17) is 0 Å². The molecule has 1 aromatic heterocycles. The van der Waals surface area contributed by atoms with Crippen LogP contribution in [0.2, 0.25) is 0 Å². The zero-order valence-electron chi connectivity index (χ0n) is 9.49. The average Bonchev–Trinajstić information content (AvgIpc) is 2.56. The number of carbonyl (C=O) groups excluding carboxylic acids is 1. The first kappa shape index (κ1) is 11.3. The summed E-state index contributed by atoms with van der Waals surface area (Å²) < 4.78 is 2.66. The molecule has 1 heterocycles. The molecule has 0 atom stereocenters. The third kappa shape index (κ3) is 1.67. The third-order valence-corrected chi connectivity index (χ3v) is 3.11. The summed E-state index contributed by atoms with van der Waals surface area (Å²) in [6.07, 6.45) is 0. The quantitative estimate of drug-likeness (QED) is 0.788. The maximum absolute atomic E-state index is 11.5. The van der Waals surface area contributed by atoms with Crippen LogP contribution in [0.1, 0.15) is 37.2 Å². The Bertz CT molecular complexity index is 557. The van der Waals surface area contributed by atoms with Crippen LogP contribution in [0, 0.1) is 0 Å². The molecule has 0 amide bonds. The number of aromatic nitrogens is 2. The van der Waals surface area contributed by atoms with Crippen molar-refractivity contribution in [2.24, 2.45) is 0 Å². The first-order valence-corrected chi connectivity index (χ1v) is 5.99. The van der Waals surface area contributed by atoms with Crippen molar-refractivity contribution in [1.82, 2.24) is 9.78 Å². The molecule has 0 saturated heterocycles. The molecule has 0 saturated carbocycles. The van der Waals surface area contributed by atoms with Gasteiger partial charge in [-0.2, -0.15) is 5.10 Å². The van der Waals surface area contributed by atoms with E-state index in [0.29, 0.717) is 0 Å². The maximum Gasteiger partial charge on any atom is 0.160 e. The van der Waals surface area contributed by atoms with Gasteiger partial charge in [0.15, 0.2) is 5.78 Å². The van der Waals surface area contributed by atoms with Crippen LogP contribution >= 0.6 is 15.9 Å². The number of rotatable bonds is 2. The first-order chi connectivity index (χ1) is 7.52. The highest BCUT2D eigenvalue weighted by molar-refractivity contribution is 9.10. The van der Waals surface area contributed by atoms with Gasteiger partial charge in [0.25, 0.3) is 0 Å². The normalized spacial score (nSPS) is 11.3. The third-order valence-electron chi connectivity index (χ3n) is 2.56. The summed E-state index contributed by atoms with van der Waals surface area (Å²) in [6.45, 7) is 5.71. The highest BCUT2D eigenvalue weighted by Gasteiger charge is 2.15. The van der Waals surface area contributed by atoms with Crippen molar-refractivity contribution in [3.63, 3.8) is 0 Å². The molecular formula is C12H13BrN2O. The van der Waals surface area contributed by atoms with Gasteiger partial charge >= 0.3 is 0 Å². The van der Waals surface area contributed by atoms with Crippen molar-refractivity contribution in [1.29, 1.82) is 0 Å². The standard InChI is InChI=1S/C12H13BrN2O/c1-7(2)15-10-6-4-5-9(8(3)16)11(10)12(13)14-15/h4-7H,1-3H3. The summed E-state index contributed by atoms with van der Waals surface area (Å²) in [7, 11) is 0. The van der Waals surface area contributed by atoms with Gasteiger partial charge in [-0.05, 0) is 42.8 Å². The molecule has 0 aliphatic heterocycles. The molecule has 0 N–H and O–H groups in total. The molecule has 0 aliphatic rings. The molecule has 0 unspecified atom stereocenters. The number of halogens is 1. The number of ketones is 1. The molecule has 16 heavy (non-hydrogen) atoms. The summed E-state index contributed by atoms with van der Waals surface area (Å²) in [5, 5.41) is 5.32. The van der Waals surface area contributed by atoms with Gasteiger partial charge in [-0.3, -0.25) is 9.48 Å². The predicted molar refractivity (Wildman–Crippen MR) is 67.8 cm³/mol. The lowest BCUT2D eigenvalue weighted by Gasteiger charge is -2.06. The topological polar surface area (TPSA) is 34.9 Å². The van der Waals surface area contributed by atoms with E-state index < -0.39 is 0 Å². The molecule has 84 valence electrons. The van der Waals surface area contributed by atoms with E-state index in [1.54, 1.807) is 6.92 Å². The Balaban J connectivity index is 2.84. The average molecular weight is 281 g/mol. The second-order valence-electron chi connectivity index (χ2n) is 4.09. The molecule has 3 nitrogen and oxygen atoms in total. The molecule has 0 radical (unpaired) electrons. The highest BCUT2D eigenvalue weighted by atomic mass is 79.9. The van der Waals surface area contributed by atoms with Gasteiger partial charge < -0.3 is 0 Å². The first-order valence-electron chi connectivity index (χ1n) is 5.20. The maximum atomic E-state index is 11.5. The van der Waals surface area contributed by atoms with Crippen molar-refractivity contribution >= 4 is 32.6 Å². The monoisotopic (exact) mass is 280 g/mol. The van der Waals surface area contributed by atoms with Crippen LogP contribution in [0.4, 0.5) is 0 Å². The van der Waals surface area contributed by atoms with Crippen LogP contribution in [0.5, 0.6) is 0 Å². The fourth-order valence-electron chi connectivity index (χ4n) is 1.83. The number of Topliss-reactive ketones (excluding diaryl/α,β-unsaturated/α-hetero) is 1. The molecular weight excluding hydrogens is 268 g/mol. The van der Waals surface area contributed by atoms with Crippen molar-refractivity contribution in [3.05, 3.63) is 28.4 Å². The van der Waals surface area contributed by atoms with E-state index in [-0.39, 0.29) is 11.8 Å². The lowest BCUT2D eigenvalue weighted by molar-refractivity contribution is 0.101. The van der Waals surface area contributed by atoms with E-state index >= 15 is 0 Å². The van der Waals surface area contributed by atoms with Crippen molar-refractivity contribution in [2.75, 3.05) is 0 Å². The molecule has 2 rings (SSSR count). The number of carbonyl (C=O) groups is 1. The van der Waals surface area contributed by atoms with Gasteiger partial charge in [-0.1, -0.05) is 12.1 Å². The van der Waals surface area contributed by atoms with E-state index in [0.717, 1.165) is 21.1 Å². The Morgan fingerprint density at radius 2 is 2.12 bits per heavy atom. The molecule has 2 aromatic rings. The largest absolute Gasteiger partial charge is 0.294 e. The lowest BCUT2D eigenvalue weighted by Crippen LogP contribution is -2.02. The van der Waals surface area contributed by atoms with E-state index in [9.17, 15) is 4.79 Å². The van der Waals surface area contributed by atoms with Gasteiger partial charge in [0.2, 0.25) is 0 Å². The zero-order chi connectivity index (χ0) is 11.9. The number of benzene rings is 1. The second-order valence-corrected chi connectivity index (χ2v) is 4.84. The molecule has 0 bridgehead atoms. The van der Waals surface area contributed by atoms with Crippen LogP contribution in [-0.4, -0.2) is 15.6 Å². The minimum Gasteiger partial charge on any atom is -0.294 e. The van der Waals surface area contributed by atoms with Gasteiger partial charge in [-0.15, -0.1) is 0 Å². The zero-order valence-corrected chi connectivity index (χ0v) is 11.1. The summed E-state index contributed by atoms with van der Waals surface area (Å²) >= 11 is 3.42. The van der Waals surface area contributed by atoms with Crippen molar-refractivity contribution in [3.8, 4) is 0 Å². The van der Waals surface area contributed by atoms with Gasteiger partial charge in [0, 0.05) is 17.0 Å². The van der Waals surface area contributed by atoms with E-state index in [1.807, 2.05) is 22.9 Å². The summed E-state index contributed by atoms with van der Waals surface area (Å²) in [4.78, 5) is 11.5. The number of hydrogen-bond donors (Lipinski definition) is 0. The molecule has 0 aliphatic carbocycles. The van der Waals surface area contributed by atoms with Gasteiger partial charge in [-0.25, -0.2) is 0 Å². The van der Waals surface area contributed by atoms with Crippen LogP contribution in [0.15, 0.2) is 22.8 Å². The number of nitrogens with zero attached hydrogens (tertiary/aromatic N) is 2. The van der Waals surface area contributed by atoms with Crippen LogP contribution < -0.4 is 0 Å². The van der Waals surface area contributed by atoms with Crippen molar-refractivity contribution in [2.45, 2.75) is 26.8 Å². The van der Waals surface area contributed by atoms with Gasteiger partial charge in [0.1, 0.15) is 4.60 Å². The van der Waals surface area contributed by atoms with E-state index in [1.165, 1.54) is 0 Å². The fourth-order valence-corrected chi connectivity index (χ4v) is 2.42. The Kier molecular flexibility index (Phi) is 2.84. The van der Waals surface area contributed by atoms with Crippen LogP contribution in [-0.2, 0) is 0 Å². The van der Waals surface area contributed by atoms with Gasteiger partial charge in [0.05, 0.1) is 5.52 Å². The van der Waals surface area contributed by atoms with Crippen LogP contribution in [0.3, 0.4) is 0 Å². The highest BCUT2D eigenvalue weighted by Crippen LogP contribution is 2.29. The fraction of sp³-hybridized carbons (Fsp3) is 0.333. The predicted octanol–water partition coefficient (Wildman–Crippen LogP) is 3.58. The molecule has 1 aromatic carbocycles. The van der Waals surface area contributed by atoms with E-state index in [2.05, 4.69) is 34.9 Å². The second kappa shape index (κ2) is 4.01.